The number of nitrogens with one attached hydrogen (secondary N) is 1. The fourth-order valence-corrected chi connectivity index (χ4v) is 2.61. The Labute approximate surface area is 137 Å². The molecule has 0 radical (unpaired) electrons. The molecule has 1 aromatic rings. The summed E-state index contributed by atoms with van der Waals surface area (Å²) < 4.78 is 11.9. The number of rotatable bonds is 10. The molecule has 0 aliphatic heterocycles. The predicted molar refractivity (Wildman–Crippen MR) is 92.2 cm³/mol. The topological polar surface area (TPSA) is 30.5 Å². The van der Waals surface area contributed by atoms with E-state index >= 15 is 0 Å². The molecule has 0 amide bonds. The standard InChI is InChI=1S/C17H28BrNO2/c1-5-21-16-7-6-15(18)12-14(16)8-9-17(2,3)13-19-10-11-20-4/h6-7,12,19H,5,8-11,13H2,1-4H3. The molecule has 1 rings (SSSR count). The minimum atomic E-state index is 0.250. The van der Waals surface area contributed by atoms with Crippen molar-refractivity contribution in [3.05, 3.63) is 28.2 Å². The summed E-state index contributed by atoms with van der Waals surface area (Å²) in [6.07, 6.45) is 2.14. The molecule has 120 valence electrons. The summed E-state index contributed by atoms with van der Waals surface area (Å²) in [6.45, 7) is 9.98. The van der Waals surface area contributed by atoms with Gasteiger partial charge in [0, 0.05) is 24.7 Å². The van der Waals surface area contributed by atoms with E-state index in [0.717, 1.165) is 42.8 Å². The smallest absolute Gasteiger partial charge is 0.122 e. The van der Waals surface area contributed by atoms with Gasteiger partial charge < -0.3 is 14.8 Å². The first-order valence-corrected chi connectivity index (χ1v) is 8.38. The van der Waals surface area contributed by atoms with Gasteiger partial charge in [0.05, 0.1) is 13.2 Å². The molecular formula is C17H28BrNO2. The van der Waals surface area contributed by atoms with Crippen LogP contribution in [0.25, 0.3) is 0 Å². The van der Waals surface area contributed by atoms with Crippen LogP contribution in [-0.2, 0) is 11.2 Å². The first kappa shape index (κ1) is 18.5. The normalized spacial score (nSPS) is 11.7. The molecule has 0 unspecified atom stereocenters. The summed E-state index contributed by atoms with van der Waals surface area (Å²) in [7, 11) is 1.73. The number of aryl methyl sites for hydroxylation is 1. The molecule has 0 atom stereocenters. The maximum Gasteiger partial charge on any atom is 0.122 e. The maximum atomic E-state index is 5.72. The van der Waals surface area contributed by atoms with Gasteiger partial charge in [-0.15, -0.1) is 0 Å². The second-order valence-corrected chi connectivity index (χ2v) is 6.93. The van der Waals surface area contributed by atoms with Crippen LogP contribution < -0.4 is 10.1 Å². The van der Waals surface area contributed by atoms with Gasteiger partial charge in [-0.3, -0.25) is 0 Å². The molecule has 0 aliphatic rings. The Hall–Kier alpha value is -0.580. The molecule has 0 aliphatic carbocycles. The average Bonchev–Trinajstić information content (AvgIpc) is 2.44. The van der Waals surface area contributed by atoms with Gasteiger partial charge >= 0.3 is 0 Å². The van der Waals surface area contributed by atoms with Crippen LogP contribution in [-0.4, -0.2) is 33.4 Å². The van der Waals surface area contributed by atoms with Crippen LogP contribution in [0.1, 0.15) is 32.8 Å². The summed E-state index contributed by atoms with van der Waals surface area (Å²) in [4.78, 5) is 0. The highest BCUT2D eigenvalue weighted by molar-refractivity contribution is 9.10. The van der Waals surface area contributed by atoms with Gasteiger partial charge in [-0.2, -0.15) is 0 Å². The van der Waals surface area contributed by atoms with Crippen molar-refractivity contribution >= 4 is 15.9 Å². The van der Waals surface area contributed by atoms with E-state index in [9.17, 15) is 0 Å². The highest BCUT2D eigenvalue weighted by Gasteiger charge is 2.18. The third-order valence-electron chi connectivity index (χ3n) is 3.48. The molecular weight excluding hydrogens is 330 g/mol. The highest BCUT2D eigenvalue weighted by atomic mass is 79.9. The molecule has 4 heteroatoms. The molecule has 0 saturated heterocycles. The van der Waals surface area contributed by atoms with Crippen LogP contribution in [0.5, 0.6) is 5.75 Å². The SMILES string of the molecule is CCOc1ccc(Br)cc1CCC(C)(C)CNCCOC. The van der Waals surface area contributed by atoms with E-state index in [1.54, 1.807) is 7.11 Å². The van der Waals surface area contributed by atoms with Crippen LogP contribution in [0.2, 0.25) is 0 Å². The Balaban J connectivity index is 2.54. The molecule has 0 bridgehead atoms. The molecule has 0 aromatic heterocycles. The Morgan fingerprint density at radius 2 is 2.05 bits per heavy atom. The molecule has 1 aromatic carbocycles. The summed E-state index contributed by atoms with van der Waals surface area (Å²) in [6, 6.07) is 6.25. The van der Waals surface area contributed by atoms with Crippen molar-refractivity contribution in [1.82, 2.24) is 5.32 Å². The third-order valence-corrected chi connectivity index (χ3v) is 3.97. The summed E-state index contributed by atoms with van der Waals surface area (Å²) in [5, 5.41) is 3.45. The van der Waals surface area contributed by atoms with Gasteiger partial charge in [0.15, 0.2) is 0 Å². The van der Waals surface area contributed by atoms with E-state index in [0.29, 0.717) is 6.61 Å². The van der Waals surface area contributed by atoms with Crippen molar-refractivity contribution < 1.29 is 9.47 Å². The zero-order chi connectivity index (χ0) is 15.7. The molecule has 21 heavy (non-hydrogen) atoms. The van der Waals surface area contributed by atoms with Crippen LogP contribution in [0, 0.1) is 5.41 Å². The average molecular weight is 358 g/mol. The molecule has 0 heterocycles. The second kappa shape index (κ2) is 9.44. The monoisotopic (exact) mass is 357 g/mol. The van der Waals surface area contributed by atoms with Crippen molar-refractivity contribution in [2.45, 2.75) is 33.6 Å². The first-order valence-electron chi connectivity index (χ1n) is 7.59. The fourth-order valence-electron chi connectivity index (χ4n) is 2.20. The summed E-state index contributed by atoms with van der Waals surface area (Å²) >= 11 is 3.55. The van der Waals surface area contributed by atoms with Gasteiger partial charge in [0.2, 0.25) is 0 Å². The number of hydrogen-bond acceptors (Lipinski definition) is 3. The number of hydrogen-bond donors (Lipinski definition) is 1. The van der Waals surface area contributed by atoms with Crippen molar-refractivity contribution in [2.75, 3.05) is 33.4 Å². The van der Waals surface area contributed by atoms with Gasteiger partial charge in [0.1, 0.15) is 5.75 Å². The quantitative estimate of drug-likeness (QED) is 0.641. The lowest BCUT2D eigenvalue weighted by Crippen LogP contribution is -2.32. The van der Waals surface area contributed by atoms with Crippen LogP contribution >= 0.6 is 15.9 Å². The molecule has 0 fully saturated rings. The van der Waals surface area contributed by atoms with Gasteiger partial charge in [-0.05, 0) is 48.9 Å². The number of halogens is 1. The van der Waals surface area contributed by atoms with E-state index in [2.05, 4.69) is 41.2 Å². The molecule has 0 spiro atoms. The highest BCUT2D eigenvalue weighted by Crippen LogP contribution is 2.28. The lowest BCUT2D eigenvalue weighted by atomic mass is 9.86. The van der Waals surface area contributed by atoms with Gasteiger partial charge in [-0.1, -0.05) is 29.8 Å². The Kier molecular flexibility index (Phi) is 8.30. The number of methoxy groups -OCH3 is 1. The zero-order valence-corrected chi connectivity index (χ0v) is 15.3. The Bertz CT molecular complexity index is 421. The first-order chi connectivity index (χ1) is 9.98. The lowest BCUT2D eigenvalue weighted by molar-refractivity contribution is 0.193. The third kappa shape index (κ3) is 7.30. The number of ether oxygens (including phenoxy) is 2. The second-order valence-electron chi connectivity index (χ2n) is 6.02. The van der Waals surface area contributed by atoms with E-state index in [4.69, 9.17) is 9.47 Å². The molecule has 0 saturated carbocycles. The lowest BCUT2D eigenvalue weighted by Gasteiger charge is -2.25. The van der Waals surface area contributed by atoms with E-state index in [-0.39, 0.29) is 5.41 Å². The van der Waals surface area contributed by atoms with Gasteiger partial charge in [-0.25, -0.2) is 0 Å². The largest absolute Gasteiger partial charge is 0.494 e. The fraction of sp³-hybridized carbons (Fsp3) is 0.647. The number of benzene rings is 1. The Morgan fingerprint density at radius 1 is 1.29 bits per heavy atom. The molecule has 1 N–H and O–H groups in total. The van der Waals surface area contributed by atoms with Crippen molar-refractivity contribution in [3.63, 3.8) is 0 Å². The van der Waals surface area contributed by atoms with Crippen molar-refractivity contribution in [2.24, 2.45) is 5.41 Å². The summed E-state index contributed by atoms with van der Waals surface area (Å²) in [5.74, 6) is 1.00. The zero-order valence-electron chi connectivity index (χ0n) is 13.7. The van der Waals surface area contributed by atoms with Crippen LogP contribution in [0.3, 0.4) is 0 Å². The van der Waals surface area contributed by atoms with Crippen molar-refractivity contribution in [3.8, 4) is 5.75 Å². The minimum absolute atomic E-state index is 0.250. The van der Waals surface area contributed by atoms with E-state index in [1.807, 2.05) is 19.1 Å². The van der Waals surface area contributed by atoms with Crippen molar-refractivity contribution in [1.29, 1.82) is 0 Å². The Morgan fingerprint density at radius 3 is 2.71 bits per heavy atom. The predicted octanol–water partition coefficient (Wildman–Crippen LogP) is 4.04. The maximum absolute atomic E-state index is 5.72. The summed E-state index contributed by atoms with van der Waals surface area (Å²) in [5.41, 5.74) is 1.52. The van der Waals surface area contributed by atoms with E-state index in [1.165, 1.54) is 5.56 Å². The van der Waals surface area contributed by atoms with E-state index < -0.39 is 0 Å². The molecule has 3 nitrogen and oxygen atoms in total. The van der Waals surface area contributed by atoms with Crippen LogP contribution in [0.4, 0.5) is 0 Å². The van der Waals surface area contributed by atoms with Gasteiger partial charge in [0.25, 0.3) is 0 Å². The van der Waals surface area contributed by atoms with Crippen LogP contribution in [0.15, 0.2) is 22.7 Å². The minimum Gasteiger partial charge on any atom is -0.494 e.